The van der Waals surface area contributed by atoms with Gasteiger partial charge in [0.05, 0.1) is 19.1 Å². The fourth-order valence-electron chi connectivity index (χ4n) is 1.27. The number of nitrogens with one attached hydrogen (secondary N) is 1. The molecular weight excluding hydrogens is 226 g/mol. The number of thioether (sulfide) groups is 1. The summed E-state index contributed by atoms with van der Waals surface area (Å²) in [5.41, 5.74) is 0. The Hall–Kier alpha value is -0.940. The molecular formula is C11H17NO3S. The minimum absolute atomic E-state index is 0.214. The summed E-state index contributed by atoms with van der Waals surface area (Å²) in [6, 6.07) is 3.54. The van der Waals surface area contributed by atoms with Crippen molar-refractivity contribution in [1.29, 1.82) is 0 Å². The first kappa shape index (κ1) is 13.1. The van der Waals surface area contributed by atoms with E-state index in [0.29, 0.717) is 5.75 Å². The molecule has 1 unspecified atom stereocenters. The van der Waals surface area contributed by atoms with Crippen molar-refractivity contribution in [3.63, 3.8) is 0 Å². The summed E-state index contributed by atoms with van der Waals surface area (Å²) in [4.78, 5) is 11.4. The number of carbonyl (C=O) groups is 1. The molecule has 5 heteroatoms. The van der Waals surface area contributed by atoms with Crippen LogP contribution in [-0.4, -0.2) is 31.4 Å². The maximum atomic E-state index is 11.4. The molecule has 16 heavy (non-hydrogen) atoms. The Balaban J connectivity index is 2.29. The molecule has 1 atom stereocenters. The van der Waals surface area contributed by atoms with Crippen LogP contribution in [-0.2, 0) is 15.3 Å². The van der Waals surface area contributed by atoms with Gasteiger partial charge in [0.1, 0.15) is 11.8 Å². The lowest BCUT2D eigenvalue weighted by atomic mass is 10.3. The zero-order chi connectivity index (χ0) is 11.8. The molecule has 0 fully saturated rings. The predicted octanol–water partition coefficient (Wildman–Crippen LogP) is 1.66. The van der Waals surface area contributed by atoms with Crippen LogP contribution in [0.5, 0.6) is 0 Å². The van der Waals surface area contributed by atoms with Crippen molar-refractivity contribution in [2.75, 3.05) is 19.4 Å². The first-order valence-corrected chi connectivity index (χ1v) is 6.34. The maximum absolute atomic E-state index is 11.4. The number of hydrogen-bond acceptors (Lipinski definition) is 5. The SMILES string of the molecule is CCNC(CSCc1ccco1)C(=O)OC. The van der Waals surface area contributed by atoms with Crippen molar-refractivity contribution in [3.05, 3.63) is 24.2 Å². The zero-order valence-corrected chi connectivity index (χ0v) is 10.4. The Morgan fingerprint density at radius 2 is 2.50 bits per heavy atom. The molecule has 0 bridgehead atoms. The van der Waals surface area contributed by atoms with Gasteiger partial charge in [-0.15, -0.1) is 0 Å². The van der Waals surface area contributed by atoms with Crippen LogP contribution in [0.4, 0.5) is 0 Å². The second kappa shape index (κ2) is 7.35. The number of furan rings is 1. The van der Waals surface area contributed by atoms with E-state index < -0.39 is 0 Å². The molecule has 90 valence electrons. The summed E-state index contributed by atoms with van der Waals surface area (Å²) in [7, 11) is 1.41. The van der Waals surface area contributed by atoms with Crippen molar-refractivity contribution in [2.24, 2.45) is 0 Å². The van der Waals surface area contributed by atoms with Gasteiger partial charge in [0.2, 0.25) is 0 Å². The molecule has 0 aliphatic rings. The minimum atomic E-state index is -0.241. The van der Waals surface area contributed by atoms with E-state index in [0.717, 1.165) is 18.1 Å². The number of methoxy groups -OCH3 is 1. The summed E-state index contributed by atoms with van der Waals surface area (Å²) in [6.07, 6.45) is 1.65. The molecule has 0 saturated carbocycles. The summed E-state index contributed by atoms with van der Waals surface area (Å²) in [5, 5.41) is 3.09. The van der Waals surface area contributed by atoms with E-state index in [1.165, 1.54) is 7.11 Å². The van der Waals surface area contributed by atoms with Gasteiger partial charge in [-0.05, 0) is 18.7 Å². The van der Waals surface area contributed by atoms with Crippen LogP contribution in [0.15, 0.2) is 22.8 Å². The van der Waals surface area contributed by atoms with Gasteiger partial charge in [-0.25, -0.2) is 0 Å². The molecule has 1 N–H and O–H groups in total. The van der Waals surface area contributed by atoms with Crippen LogP contribution < -0.4 is 5.32 Å². The summed E-state index contributed by atoms with van der Waals surface area (Å²) < 4.78 is 9.92. The molecule has 0 spiro atoms. The van der Waals surface area contributed by atoms with E-state index in [2.05, 4.69) is 5.32 Å². The Bertz CT molecular complexity index is 300. The quantitative estimate of drug-likeness (QED) is 0.738. The van der Waals surface area contributed by atoms with E-state index >= 15 is 0 Å². The Morgan fingerprint density at radius 3 is 3.06 bits per heavy atom. The Labute approximate surface area is 99.7 Å². The molecule has 1 rings (SSSR count). The highest BCUT2D eigenvalue weighted by molar-refractivity contribution is 7.98. The van der Waals surface area contributed by atoms with Gasteiger partial charge in [0, 0.05) is 5.75 Å². The van der Waals surface area contributed by atoms with E-state index in [1.54, 1.807) is 18.0 Å². The van der Waals surface area contributed by atoms with Gasteiger partial charge in [-0.3, -0.25) is 4.79 Å². The van der Waals surface area contributed by atoms with Crippen molar-refractivity contribution in [2.45, 2.75) is 18.7 Å². The van der Waals surface area contributed by atoms with Gasteiger partial charge in [0.15, 0.2) is 0 Å². The standard InChI is InChI=1S/C11H17NO3S/c1-3-12-10(11(13)14-2)8-16-7-9-5-4-6-15-9/h4-6,10,12H,3,7-8H2,1-2H3. The summed E-state index contributed by atoms with van der Waals surface area (Å²) in [5.74, 6) is 2.16. The highest BCUT2D eigenvalue weighted by atomic mass is 32.2. The van der Waals surface area contributed by atoms with Crippen LogP contribution in [0.1, 0.15) is 12.7 Å². The molecule has 0 aliphatic heterocycles. The fourth-order valence-corrected chi connectivity index (χ4v) is 2.24. The summed E-state index contributed by atoms with van der Waals surface area (Å²) in [6.45, 7) is 2.72. The third-order valence-corrected chi connectivity index (χ3v) is 3.10. The molecule has 0 saturated heterocycles. The smallest absolute Gasteiger partial charge is 0.323 e. The van der Waals surface area contributed by atoms with Crippen LogP contribution in [0.2, 0.25) is 0 Å². The normalized spacial score (nSPS) is 12.4. The first-order valence-electron chi connectivity index (χ1n) is 5.19. The van der Waals surface area contributed by atoms with Gasteiger partial charge < -0.3 is 14.5 Å². The lowest BCUT2D eigenvalue weighted by Gasteiger charge is -2.14. The monoisotopic (exact) mass is 243 g/mol. The predicted molar refractivity (Wildman–Crippen MR) is 64.4 cm³/mol. The number of esters is 1. The van der Waals surface area contributed by atoms with Crippen LogP contribution in [0, 0.1) is 0 Å². The first-order chi connectivity index (χ1) is 7.77. The van der Waals surface area contributed by atoms with Gasteiger partial charge in [0.25, 0.3) is 0 Å². The average molecular weight is 243 g/mol. The Kier molecular flexibility index (Phi) is 6.03. The molecule has 1 heterocycles. The number of carbonyl (C=O) groups excluding carboxylic acids is 1. The van der Waals surface area contributed by atoms with Gasteiger partial charge >= 0.3 is 5.97 Å². The van der Waals surface area contributed by atoms with Crippen LogP contribution >= 0.6 is 11.8 Å². The topological polar surface area (TPSA) is 51.5 Å². The van der Waals surface area contributed by atoms with E-state index in [1.807, 2.05) is 19.1 Å². The highest BCUT2D eigenvalue weighted by Crippen LogP contribution is 2.13. The van der Waals surface area contributed by atoms with E-state index in [4.69, 9.17) is 9.15 Å². The lowest BCUT2D eigenvalue weighted by molar-refractivity contribution is -0.142. The fraction of sp³-hybridized carbons (Fsp3) is 0.545. The maximum Gasteiger partial charge on any atom is 0.323 e. The minimum Gasteiger partial charge on any atom is -0.468 e. The van der Waals surface area contributed by atoms with Crippen LogP contribution in [0.25, 0.3) is 0 Å². The number of likely N-dealkylation sites (N-methyl/N-ethyl adjacent to an activating group) is 1. The number of ether oxygens (including phenoxy) is 1. The number of hydrogen-bond donors (Lipinski definition) is 1. The summed E-state index contributed by atoms with van der Waals surface area (Å²) >= 11 is 1.65. The van der Waals surface area contributed by atoms with E-state index in [9.17, 15) is 4.79 Å². The molecule has 0 aromatic carbocycles. The van der Waals surface area contributed by atoms with Gasteiger partial charge in [-0.1, -0.05) is 6.92 Å². The second-order valence-electron chi connectivity index (χ2n) is 3.23. The molecule has 1 aromatic heterocycles. The van der Waals surface area contributed by atoms with Crippen LogP contribution in [0.3, 0.4) is 0 Å². The third-order valence-electron chi connectivity index (χ3n) is 2.05. The molecule has 0 amide bonds. The average Bonchev–Trinajstić information content (AvgIpc) is 2.80. The van der Waals surface area contributed by atoms with Crippen molar-refractivity contribution >= 4 is 17.7 Å². The Morgan fingerprint density at radius 1 is 1.69 bits per heavy atom. The van der Waals surface area contributed by atoms with Gasteiger partial charge in [-0.2, -0.15) is 11.8 Å². The highest BCUT2D eigenvalue weighted by Gasteiger charge is 2.17. The van der Waals surface area contributed by atoms with Crippen molar-refractivity contribution in [1.82, 2.24) is 5.32 Å². The molecule has 0 radical (unpaired) electrons. The molecule has 1 aromatic rings. The third kappa shape index (κ3) is 4.28. The lowest BCUT2D eigenvalue weighted by Crippen LogP contribution is -2.39. The van der Waals surface area contributed by atoms with Crippen molar-refractivity contribution < 1.29 is 13.9 Å². The number of rotatable bonds is 7. The van der Waals surface area contributed by atoms with E-state index in [-0.39, 0.29) is 12.0 Å². The zero-order valence-electron chi connectivity index (χ0n) is 9.56. The molecule has 0 aliphatic carbocycles. The van der Waals surface area contributed by atoms with Crippen molar-refractivity contribution in [3.8, 4) is 0 Å². The molecule has 4 nitrogen and oxygen atoms in total. The largest absolute Gasteiger partial charge is 0.468 e. The second-order valence-corrected chi connectivity index (χ2v) is 4.26.